The van der Waals surface area contributed by atoms with E-state index in [1.54, 1.807) is 27.7 Å². The Morgan fingerprint density at radius 1 is 1.24 bits per heavy atom. The zero-order chi connectivity index (χ0) is 23.1. The molecule has 0 radical (unpaired) electrons. The monoisotopic (exact) mass is 504 g/mol. The molecule has 172 valence electrons. The van der Waals surface area contributed by atoms with E-state index in [9.17, 15) is 4.79 Å². The summed E-state index contributed by atoms with van der Waals surface area (Å²) >= 11 is 4.90. The highest BCUT2D eigenvalue weighted by Crippen LogP contribution is 2.46. The van der Waals surface area contributed by atoms with E-state index in [0.29, 0.717) is 5.75 Å². The van der Waals surface area contributed by atoms with Crippen LogP contribution in [0.5, 0.6) is 0 Å². The van der Waals surface area contributed by atoms with Crippen LogP contribution in [0, 0.1) is 12.8 Å². The van der Waals surface area contributed by atoms with E-state index in [1.807, 2.05) is 6.07 Å². The number of thioether (sulfide) groups is 1. The summed E-state index contributed by atoms with van der Waals surface area (Å²) < 4.78 is 0. The van der Waals surface area contributed by atoms with Crippen molar-refractivity contribution in [3.05, 3.63) is 74.1 Å². The minimum absolute atomic E-state index is 0.0199. The number of benzene rings is 1. The van der Waals surface area contributed by atoms with E-state index in [1.165, 1.54) is 32.7 Å². The molecular weight excluding hydrogens is 481 g/mol. The Morgan fingerprint density at radius 2 is 2.12 bits per heavy atom. The number of allylic oxidation sites excluding steroid dienone is 1. The summed E-state index contributed by atoms with van der Waals surface area (Å²) in [5.41, 5.74) is 5.48. The average Bonchev–Trinajstić information content (AvgIpc) is 3.63. The number of aromatic nitrogens is 2. The number of H-pyrrole nitrogens is 1. The van der Waals surface area contributed by atoms with Gasteiger partial charge in [-0.25, -0.2) is 9.99 Å². The second kappa shape index (κ2) is 9.17. The normalized spacial score (nSPS) is 21.3. The lowest BCUT2D eigenvalue weighted by molar-refractivity contribution is -0.130. The van der Waals surface area contributed by atoms with Crippen molar-refractivity contribution in [2.75, 3.05) is 5.75 Å². The Balaban J connectivity index is 1.27. The Kier molecular flexibility index (Phi) is 5.89. The van der Waals surface area contributed by atoms with Crippen LogP contribution < -0.4 is 0 Å². The summed E-state index contributed by atoms with van der Waals surface area (Å²) in [5.74, 6) is 0.577. The molecule has 2 aliphatic rings. The summed E-state index contributed by atoms with van der Waals surface area (Å²) in [5, 5.41) is 11.7. The zero-order valence-corrected chi connectivity index (χ0v) is 21.2. The minimum atomic E-state index is -0.0199. The molecule has 1 N–H and O–H groups in total. The first-order valence-electron chi connectivity index (χ1n) is 11.4. The fourth-order valence-electron chi connectivity index (χ4n) is 4.85. The van der Waals surface area contributed by atoms with Crippen molar-refractivity contribution in [1.29, 1.82) is 0 Å². The highest BCUT2D eigenvalue weighted by Gasteiger charge is 2.44. The van der Waals surface area contributed by atoms with Crippen LogP contribution in [0.25, 0.3) is 17.1 Å². The number of aryl methyl sites for hydroxylation is 1. The molecule has 6 rings (SSSR count). The van der Waals surface area contributed by atoms with Crippen LogP contribution >= 0.6 is 34.4 Å². The van der Waals surface area contributed by atoms with Gasteiger partial charge in [-0.3, -0.25) is 4.79 Å². The lowest BCUT2D eigenvalue weighted by Crippen LogP contribution is -2.32. The number of carbonyl (C=O) groups excluding carboxylic acids is 1. The topological polar surface area (TPSA) is 61.4 Å². The number of imidazole rings is 1. The molecule has 1 aromatic carbocycles. The zero-order valence-electron chi connectivity index (χ0n) is 18.7. The van der Waals surface area contributed by atoms with Crippen molar-refractivity contribution in [2.24, 2.45) is 11.0 Å². The van der Waals surface area contributed by atoms with Crippen molar-refractivity contribution in [1.82, 2.24) is 15.0 Å². The summed E-state index contributed by atoms with van der Waals surface area (Å²) in [6.45, 7) is 2.06. The number of amides is 1. The molecule has 1 fully saturated rings. The van der Waals surface area contributed by atoms with Crippen LogP contribution in [0.1, 0.15) is 40.6 Å². The summed E-state index contributed by atoms with van der Waals surface area (Å²) in [7, 11) is 0. The van der Waals surface area contributed by atoms with Crippen LogP contribution in [-0.4, -0.2) is 32.3 Å². The maximum Gasteiger partial charge on any atom is 0.253 e. The second-order valence-corrected chi connectivity index (χ2v) is 11.6. The van der Waals surface area contributed by atoms with Gasteiger partial charge in [-0.1, -0.05) is 30.0 Å². The average molecular weight is 505 g/mol. The first-order valence-corrected chi connectivity index (χ1v) is 14.2. The number of hydrazone groups is 1. The molecule has 8 heteroatoms. The Hall–Kier alpha value is -2.68. The van der Waals surface area contributed by atoms with Gasteiger partial charge in [0.15, 0.2) is 5.16 Å². The standard InChI is InChI=1S/C26H24N4OS3/c1-16-9-10-20-21(13-16)28-26(27-20)34-15-23(31)30-25(22-8-4-12-33-22)19-7-2-5-17(24(19)29-30)14-18-6-3-11-32-18/h3-4,6,8-14,19,25H,2,5,7,15H2,1H3,(H,27,28). The fraction of sp³-hybridized carbons (Fsp3) is 0.269. The van der Waals surface area contributed by atoms with E-state index in [2.05, 4.69) is 70.1 Å². The molecule has 1 aliphatic heterocycles. The number of fused-ring (bicyclic) bond motifs is 2. The molecule has 34 heavy (non-hydrogen) atoms. The van der Waals surface area contributed by atoms with E-state index < -0.39 is 0 Å². The van der Waals surface area contributed by atoms with E-state index in [4.69, 9.17) is 5.10 Å². The van der Waals surface area contributed by atoms with Crippen molar-refractivity contribution in [2.45, 2.75) is 37.4 Å². The molecule has 4 aromatic rings. The summed E-state index contributed by atoms with van der Waals surface area (Å²) in [6, 6.07) is 14.6. The number of carbonyl (C=O) groups is 1. The third-order valence-electron chi connectivity index (χ3n) is 6.40. The smallest absolute Gasteiger partial charge is 0.253 e. The number of hydrogen-bond acceptors (Lipinski definition) is 6. The quantitative estimate of drug-likeness (QED) is 0.300. The fourth-order valence-corrected chi connectivity index (χ4v) is 7.15. The molecular formula is C26H24N4OS3. The molecule has 0 saturated heterocycles. The van der Waals surface area contributed by atoms with Gasteiger partial charge in [0.2, 0.25) is 0 Å². The third-order valence-corrected chi connectivity index (χ3v) is 9.02. The second-order valence-electron chi connectivity index (χ2n) is 8.72. The van der Waals surface area contributed by atoms with Gasteiger partial charge in [0, 0.05) is 15.7 Å². The predicted molar refractivity (Wildman–Crippen MR) is 143 cm³/mol. The van der Waals surface area contributed by atoms with Gasteiger partial charge in [0.25, 0.3) is 5.91 Å². The SMILES string of the molecule is Cc1ccc2nc(SCC(=O)N3N=C4C(=Cc5cccs5)CCCC4C3c3cccs3)[nH]c2c1. The van der Waals surface area contributed by atoms with Crippen LogP contribution in [0.15, 0.2) is 69.1 Å². The van der Waals surface area contributed by atoms with Gasteiger partial charge < -0.3 is 4.98 Å². The lowest BCUT2D eigenvalue weighted by Gasteiger charge is -2.28. The number of rotatable bonds is 5. The van der Waals surface area contributed by atoms with Crippen LogP contribution in [0.2, 0.25) is 0 Å². The molecule has 2 atom stereocenters. The van der Waals surface area contributed by atoms with Crippen molar-refractivity contribution in [3.63, 3.8) is 0 Å². The summed E-state index contributed by atoms with van der Waals surface area (Å²) in [6.07, 6.45) is 5.46. The van der Waals surface area contributed by atoms with Gasteiger partial charge in [-0.2, -0.15) is 5.10 Å². The van der Waals surface area contributed by atoms with Crippen molar-refractivity contribution < 1.29 is 4.79 Å². The number of nitrogens with zero attached hydrogens (tertiary/aromatic N) is 3. The van der Waals surface area contributed by atoms with E-state index in [0.717, 1.165) is 41.2 Å². The van der Waals surface area contributed by atoms with E-state index in [-0.39, 0.29) is 17.9 Å². The number of nitrogens with one attached hydrogen (secondary N) is 1. The molecule has 4 heterocycles. The molecule has 1 aliphatic carbocycles. The highest BCUT2D eigenvalue weighted by atomic mass is 32.2. The molecule has 0 spiro atoms. The molecule has 1 amide bonds. The largest absolute Gasteiger partial charge is 0.333 e. The van der Waals surface area contributed by atoms with Gasteiger partial charge in [0.05, 0.1) is 28.5 Å². The van der Waals surface area contributed by atoms with Gasteiger partial charge >= 0.3 is 0 Å². The van der Waals surface area contributed by atoms with Gasteiger partial charge in [-0.15, -0.1) is 22.7 Å². The Bertz CT molecular complexity index is 1380. The molecule has 3 aromatic heterocycles. The van der Waals surface area contributed by atoms with Crippen molar-refractivity contribution in [3.8, 4) is 0 Å². The molecule has 0 bridgehead atoms. The molecule has 5 nitrogen and oxygen atoms in total. The first-order chi connectivity index (χ1) is 16.7. The number of aromatic amines is 1. The molecule has 1 saturated carbocycles. The first kappa shape index (κ1) is 21.8. The van der Waals surface area contributed by atoms with Gasteiger partial charge in [-0.05, 0) is 78.4 Å². The molecule has 2 unspecified atom stereocenters. The van der Waals surface area contributed by atoms with Crippen LogP contribution in [0.4, 0.5) is 0 Å². The van der Waals surface area contributed by atoms with Crippen molar-refractivity contribution >= 4 is 63.2 Å². The highest BCUT2D eigenvalue weighted by molar-refractivity contribution is 7.99. The van der Waals surface area contributed by atoms with Crippen LogP contribution in [-0.2, 0) is 4.79 Å². The summed E-state index contributed by atoms with van der Waals surface area (Å²) in [4.78, 5) is 23.9. The van der Waals surface area contributed by atoms with Crippen LogP contribution in [0.3, 0.4) is 0 Å². The van der Waals surface area contributed by atoms with E-state index >= 15 is 0 Å². The third kappa shape index (κ3) is 4.15. The maximum absolute atomic E-state index is 13.5. The lowest BCUT2D eigenvalue weighted by atomic mass is 9.79. The number of hydrogen-bond donors (Lipinski definition) is 1. The minimum Gasteiger partial charge on any atom is -0.333 e. The number of thiophene rings is 2. The van der Waals surface area contributed by atoms with Gasteiger partial charge in [0.1, 0.15) is 0 Å². The Labute approximate surface area is 210 Å². The predicted octanol–water partition coefficient (Wildman–Crippen LogP) is 6.91. The Morgan fingerprint density at radius 3 is 2.94 bits per heavy atom. The maximum atomic E-state index is 13.5.